The van der Waals surface area contributed by atoms with Gasteiger partial charge in [-0.1, -0.05) is 29.7 Å². The molecule has 2 aromatic heterocycles. The largest absolute Gasteiger partial charge is 0.340 e. The van der Waals surface area contributed by atoms with Gasteiger partial charge in [-0.05, 0) is 24.2 Å². The standard InChI is InChI=1S/C15H17ClN4O/c1-3-17-7-11-8-20(9-15-18-10(2)21-19-15)14-6-12(16)4-5-13(11)14/h4-6,8,17H,3,7,9H2,1-2H3. The Labute approximate surface area is 127 Å². The molecule has 0 aliphatic carbocycles. The van der Waals surface area contributed by atoms with Crippen LogP contribution in [-0.4, -0.2) is 21.3 Å². The average molecular weight is 305 g/mol. The first kappa shape index (κ1) is 14.1. The highest BCUT2D eigenvalue weighted by atomic mass is 35.5. The topological polar surface area (TPSA) is 55.9 Å². The van der Waals surface area contributed by atoms with Gasteiger partial charge in [0.05, 0.1) is 12.1 Å². The Morgan fingerprint density at radius 3 is 2.95 bits per heavy atom. The number of aromatic nitrogens is 3. The normalized spacial score (nSPS) is 11.4. The summed E-state index contributed by atoms with van der Waals surface area (Å²) in [5, 5.41) is 9.23. The van der Waals surface area contributed by atoms with Gasteiger partial charge in [0.25, 0.3) is 0 Å². The zero-order valence-electron chi connectivity index (χ0n) is 12.1. The highest BCUT2D eigenvalue weighted by Gasteiger charge is 2.11. The molecule has 0 saturated carbocycles. The van der Waals surface area contributed by atoms with Crippen LogP contribution in [0.1, 0.15) is 24.2 Å². The fourth-order valence-corrected chi connectivity index (χ4v) is 2.60. The number of fused-ring (bicyclic) bond motifs is 1. The molecule has 1 N–H and O–H groups in total. The molecule has 0 radical (unpaired) electrons. The first-order chi connectivity index (χ1) is 10.2. The fourth-order valence-electron chi connectivity index (χ4n) is 2.43. The Morgan fingerprint density at radius 1 is 1.38 bits per heavy atom. The van der Waals surface area contributed by atoms with E-state index in [2.05, 4.69) is 39.2 Å². The average Bonchev–Trinajstić information content (AvgIpc) is 3.01. The van der Waals surface area contributed by atoms with E-state index in [0.717, 1.165) is 23.6 Å². The Hall–Kier alpha value is -1.85. The van der Waals surface area contributed by atoms with Gasteiger partial charge in [0, 0.05) is 30.1 Å². The third kappa shape index (κ3) is 2.94. The summed E-state index contributed by atoms with van der Waals surface area (Å²) in [4.78, 5) is 4.26. The van der Waals surface area contributed by atoms with Gasteiger partial charge in [-0.2, -0.15) is 4.98 Å². The Bertz CT molecular complexity index is 762. The predicted octanol–water partition coefficient (Wildman–Crippen LogP) is 3.14. The van der Waals surface area contributed by atoms with E-state index in [0.29, 0.717) is 18.3 Å². The third-order valence-electron chi connectivity index (χ3n) is 3.37. The lowest BCUT2D eigenvalue weighted by molar-refractivity contribution is 0.386. The highest BCUT2D eigenvalue weighted by molar-refractivity contribution is 6.31. The quantitative estimate of drug-likeness (QED) is 0.787. The van der Waals surface area contributed by atoms with E-state index in [1.807, 2.05) is 12.1 Å². The number of halogens is 1. The van der Waals surface area contributed by atoms with E-state index >= 15 is 0 Å². The molecule has 21 heavy (non-hydrogen) atoms. The van der Waals surface area contributed by atoms with Crippen LogP contribution in [0.2, 0.25) is 5.02 Å². The van der Waals surface area contributed by atoms with Gasteiger partial charge in [0.2, 0.25) is 5.89 Å². The molecule has 0 fully saturated rings. The van der Waals surface area contributed by atoms with Crippen LogP contribution in [0.15, 0.2) is 28.9 Å². The van der Waals surface area contributed by atoms with Gasteiger partial charge in [-0.25, -0.2) is 0 Å². The molecular formula is C15H17ClN4O. The minimum Gasteiger partial charge on any atom is -0.340 e. The number of hydrogen-bond acceptors (Lipinski definition) is 4. The number of nitrogens with zero attached hydrogens (tertiary/aromatic N) is 3. The summed E-state index contributed by atoms with van der Waals surface area (Å²) in [6.45, 7) is 6.22. The van der Waals surface area contributed by atoms with Gasteiger partial charge < -0.3 is 14.4 Å². The molecule has 0 aliphatic rings. The maximum absolute atomic E-state index is 6.13. The van der Waals surface area contributed by atoms with Gasteiger partial charge in [0.15, 0.2) is 5.82 Å². The first-order valence-electron chi connectivity index (χ1n) is 6.94. The van der Waals surface area contributed by atoms with Crippen molar-refractivity contribution in [2.45, 2.75) is 26.9 Å². The predicted molar refractivity (Wildman–Crippen MR) is 82.5 cm³/mol. The zero-order valence-corrected chi connectivity index (χ0v) is 12.8. The Kier molecular flexibility index (Phi) is 3.94. The minimum atomic E-state index is 0.570. The highest BCUT2D eigenvalue weighted by Crippen LogP contribution is 2.25. The van der Waals surface area contributed by atoms with Crippen LogP contribution < -0.4 is 5.32 Å². The molecule has 0 unspecified atom stereocenters. The molecule has 3 aromatic rings. The van der Waals surface area contributed by atoms with Crippen LogP contribution in [0.3, 0.4) is 0 Å². The second kappa shape index (κ2) is 5.87. The maximum atomic E-state index is 6.13. The van der Waals surface area contributed by atoms with E-state index in [4.69, 9.17) is 16.1 Å². The molecule has 0 amide bonds. The summed E-state index contributed by atoms with van der Waals surface area (Å²) in [5.41, 5.74) is 2.32. The lowest BCUT2D eigenvalue weighted by Gasteiger charge is -2.01. The number of aryl methyl sites for hydroxylation is 1. The van der Waals surface area contributed by atoms with Gasteiger partial charge in [-0.3, -0.25) is 0 Å². The second-order valence-electron chi connectivity index (χ2n) is 4.95. The van der Waals surface area contributed by atoms with Crippen molar-refractivity contribution < 1.29 is 4.52 Å². The SMILES string of the molecule is CCNCc1cn(Cc2noc(C)n2)c2cc(Cl)ccc12. The number of nitrogens with one attached hydrogen (secondary N) is 1. The molecule has 3 rings (SSSR count). The van der Waals surface area contributed by atoms with Crippen molar-refractivity contribution in [1.82, 2.24) is 20.0 Å². The molecule has 110 valence electrons. The Balaban J connectivity index is 2.01. The second-order valence-corrected chi connectivity index (χ2v) is 5.39. The summed E-state index contributed by atoms with van der Waals surface area (Å²) in [6, 6.07) is 5.95. The van der Waals surface area contributed by atoms with E-state index in [1.165, 1.54) is 10.9 Å². The Morgan fingerprint density at radius 2 is 2.24 bits per heavy atom. The summed E-state index contributed by atoms with van der Waals surface area (Å²) in [7, 11) is 0. The van der Waals surface area contributed by atoms with Crippen molar-refractivity contribution in [3.63, 3.8) is 0 Å². The minimum absolute atomic E-state index is 0.570. The zero-order chi connectivity index (χ0) is 14.8. The van der Waals surface area contributed by atoms with Crippen molar-refractivity contribution in [1.29, 1.82) is 0 Å². The lowest BCUT2D eigenvalue weighted by Crippen LogP contribution is -2.11. The van der Waals surface area contributed by atoms with Crippen LogP contribution in [0, 0.1) is 6.92 Å². The van der Waals surface area contributed by atoms with Gasteiger partial charge in [0.1, 0.15) is 0 Å². The van der Waals surface area contributed by atoms with Crippen molar-refractivity contribution in [3.05, 3.63) is 46.7 Å². The summed E-state index contributed by atoms with van der Waals surface area (Å²) in [6.07, 6.45) is 2.12. The molecule has 1 aromatic carbocycles. The molecule has 5 nitrogen and oxygen atoms in total. The third-order valence-corrected chi connectivity index (χ3v) is 3.61. The van der Waals surface area contributed by atoms with Crippen molar-refractivity contribution in [2.24, 2.45) is 0 Å². The molecule has 2 heterocycles. The van der Waals surface area contributed by atoms with E-state index in [9.17, 15) is 0 Å². The van der Waals surface area contributed by atoms with Crippen molar-refractivity contribution >= 4 is 22.5 Å². The van der Waals surface area contributed by atoms with E-state index in [1.54, 1.807) is 6.92 Å². The number of benzene rings is 1. The van der Waals surface area contributed by atoms with Crippen molar-refractivity contribution in [2.75, 3.05) is 6.54 Å². The van der Waals surface area contributed by atoms with Crippen LogP contribution in [-0.2, 0) is 13.1 Å². The smallest absolute Gasteiger partial charge is 0.223 e. The van der Waals surface area contributed by atoms with E-state index < -0.39 is 0 Å². The number of rotatable bonds is 5. The molecular weight excluding hydrogens is 288 g/mol. The molecule has 0 spiro atoms. The summed E-state index contributed by atoms with van der Waals surface area (Å²) >= 11 is 6.13. The first-order valence-corrected chi connectivity index (χ1v) is 7.32. The lowest BCUT2D eigenvalue weighted by atomic mass is 10.2. The van der Waals surface area contributed by atoms with Crippen LogP contribution in [0.25, 0.3) is 10.9 Å². The monoisotopic (exact) mass is 304 g/mol. The molecule has 0 saturated heterocycles. The van der Waals surface area contributed by atoms with E-state index in [-0.39, 0.29) is 0 Å². The van der Waals surface area contributed by atoms with Crippen molar-refractivity contribution in [3.8, 4) is 0 Å². The van der Waals surface area contributed by atoms with Gasteiger partial charge in [-0.15, -0.1) is 0 Å². The van der Waals surface area contributed by atoms with Crippen LogP contribution >= 0.6 is 11.6 Å². The summed E-state index contributed by atoms with van der Waals surface area (Å²) < 4.78 is 7.14. The fraction of sp³-hybridized carbons (Fsp3) is 0.333. The van der Waals surface area contributed by atoms with Gasteiger partial charge >= 0.3 is 0 Å². The number of hydrogen-bond donors (Lipinski definition) is 1. The molecule has 0 bridgehead atoms. The molecule has 0 aliphatic heterocycles. The molecule has 0 atom stereocenters. The molecule has 6 heteroatoms. The maximum Gasteiger partial charge on any atom is 0.223 e. The van der Waals surface area contributed by atoms with Crippen LogP contribution in [0.5, 0.6) is 0 Å². The summed E-state index contributed by atoms with van der Waals surface area (Å²) in [5.74, 6) is 1.24. The van der Waals surface area contributed by atoms with Crippen LogP contribution in [0.4, 0.5) is 0 Å².